The standard InChI is InChI=1S/C25H30N4O2S/c1-16-8-10-19(11-9-16)28-14-13-27(15-17(28)2)25(31)22-18(3)21-23(32-22)26-20-7-5-4-6-12-29(20)24(21)30/h8-11,17H,4-7,12-15H2,1-3H3. The fourth-order valence-corrected chi connectivity index (χ4v) is 6.18. The van der Waals surface area contributed by atoms with Crippen LogP contribution in [0.15, 0.2) is 29.1 Å². The zero-order valence-corrected chi connectivity index (χ0v) is 19.9. The van der Waals surface area contributed by atoms with Gasteiger partial charge in [0.25, 0.3) is 11.5 Å². The molecule has 32 heavy (non-hydrogen) atoms. The van der Waals surface area contributed by atoms with Crippen molar-refractivity contribution in [2.24, 2.45) is 0 Å². The fraction of sp³-hybridized carbons (Fsp3) is 0.480. The second-order valence-electron chi connectivity index (χ2n) is 9.16. The summed E-state index contributed by atoms with van der Waals surface area (Å²) < 4.78 is 1.84. The average molecular weight is 451 g/mol. The Kier molecular flexibility index (Phi) is 5.53. The molecule has 0 saturated carbocycles. The molecular weight excluding hydrogens is 420 g/mol. The van der Waals surface area contributed by atoms with Crippen LogP contribution < -0.4 is 10.5 Å². The smallest absolute Gasteiger partial charge is 0.264 e. The highest BCUT2D eigenvalue weighted by molar-refractivity contribution is 7.20. The molecule has 4 heterocycles. The normalized spacial score (nSPS) is 19.2. The van der Waals surface area contributed by atoms with E-state index in [1.165, 1.54) is 22.6 Å². The molecule has 0 bridgehead atoms. The van der Waals surface area contributed by atoms with Crippen LogP contribution in [0.4, 0.5) is 5.69 Å². The zero-order valence-electron chi connectivity index (χ0n) is 19.1. The molecule has 1 fully saturated rings. The molecule has 0 spiro atoms. The summed E-state index contributed by atoms with van der Waals surface area (Å²) in [5, 5.41) is 0.635. The molecule has 2 aliphatic heterocycles. The Morgan fingerprint density at radius 3 is 2.59 bits per heavy atom. The van der Waals surface area contributed by atoms with Crippen molar-refractivity contribution in [3.63, 3.8) is 0 Å². The predicted octanol–water partition coefficient (Wildman–Crippen LogP) is 4.15. The molecule has 1 aromatic carbocycles. The lowest BCUT2D eigenvalue weighted by molar-refractivity contribution is 0.0730. The Balaban J connectivity index is 1.42. The van der Waals surface area contributed by atoms with E-state index >= 15 is 0 Å². The number of nitrogens with zero attached hydrogens (tertiary/aromatic N) is 4. The van der Waals surface area contributed by atoms with Gasteiger partial charge in [-0.3, -0.25) is 14.2 Å². The summed E-state index contributed by atoms with van der Waals surface area (Å²) in [6.45, 7) is 9.04. The summed E-state index contributed by atoms with van der Waals surface area (Å²) in [7, 11) is 0. The van der Waals surface area contributed by atoms with Crippen molar-refractivity contribution >= 4 is 33.1 Å². The van der Waals surface area contributed by atoms with Gasteiger partial charge < -0.3 is 9.80 Å². The van der Waals surface area contributed by atoms with E-state index in [4.69, 9.17) is 4.98 Å². The van der Waals surface area contributed by atoms with Crippen molar-refractivity contribution in [3.05, 3.63) is 56.4 Å². The molecule has 0 aliphatic carbocycles. The SMILES string of the molecule is Cc1ccc(N2CCN(C(=O)c3sc4nc5n(c(=O)c4c3C)CCCCC5)CC2C)cc1. The van der Waals surface area contributed by atoms with Crippen molar-refractivity contribution in [2.45, 2.75) is 59.0 Å². The number of fused-ring (bicyclic) bond motifs is 2. The van der Waals surface area contributed by atoms with Crippen LogP contribution in [0.5, 0.6) is 0 Å². The fourth-order valence-electron chi connectivity index (χ4n) is 5.02. The molecule has 5 rings (SSSR count). The van der Waals surface area contributed by atoms with E-state index < -0.39 is 0 Å². The Labute approximate surface area is 192 Å². The number of piperazine rings is 1. The van der Waals surface area contributed by atoms with Gasteiger partial charge >= 0.3 is 0 Å². The van der Waals surface area contributed by atoms with Gasteiger partial charge in [-0.1, -0.05) is 24.1 Å². The van der Waals surface area contributed by atoms with Gasteiger partial charge in [-0.25, -0.2) is 4.98 Å². The largest absolute Gasteiger partial charge is 0.365 e. The third kappa shape index (κ3) is 3.62. The molecule has 1 saturated heterocycles. The van der Waals surface area contributed by atoms with E-state index in [0.29, 0.717) is 23.4 Å². The number of carbonyl (C=O) groups excluding carboxylic acids is 1. The minimum Gasteiger partial charge on any atom is -0.365 e. The quantitative estimate of drug-likeness (QED) is 0.589. The van der Waals surface area contributed by atoms with Gasteiger partial charge in [0.2, 0.25) is 0 Å². The summed E-state index contributed by atoms with van der Waals surface area (Å²) >= 11 is 1.39. The van der Waals surface area contributed by atoms with Crippen LogP contribution in [0.3, 0.4) is 0 Å². The Bertz CT molecular complexity index is 1230. The Morgan fingerprint density at radius 1 is 1.06 bits per heavy atom. The van der Waals surface area contributed by atoms with Gasteiger partial charge in [-0.2, -0.15) is 0 Å². The van der Waals surface area contributed by atoms with Crippen LogP contribution in [0.1, 0.15) is 52.8 Å². The number of thiophene rings is 1. The number of hydrogen-bond acceptors (Lipinski definition) is 5. The molecule has 7 heteroatoms. The maximum atomic E-state index is 13.5. The van der Waals surface area contributed by atoms with Gasteiger partial charge in [0.1, 0.15) is 10.7 Å². The van der Waals surface area contributed by atoms with Gasteiger partial charge in [0.15, 0.2) is 0 Å². The first kappa shape index (κ1) is 21.2. The number of carbonyl (C=O) groups is 1. The Morgan fingerprint density at radius 2 is 1.84 bits per heavy atom. The summed E-state index contributed by atoms with van der Waals surface area (Å²) in [4.78, 5) is 37.2. The van der Waals surface area contributed by atoms with E-state index in [-0.39, 0.29) is 17.5 Å². The molecule has 168 valence electrons. The molecule has 0 radical (unpaired) electrons. The van der Waals surface area contributed by atoms with Crippen LogP contribution >= 0.6 is 11.3 Å². The molecule has 1 atom stereocenters. The van der Waals surface area contributed by atoms with Crippen molar-refractivity contribution in [2.75, 3.05) is 24.5 Å². The number of aromatic nitrogens is 2. The van der Waals surface area contributed by atoms with Crippen molar-refractivity contribution in [3.8, 4) is 0 Å². The second kappa shape index (κ2) is 8.35. The van der Waals surface area contributed by atoms with Gasteiger partial charge in [0, 0.05) is 44.3 Å². The average Bonchev–Trinajstić information content (AvgIpc) is 2.95. The lowest BCUT2D eigenvalue weighted by Gasteiger charge is -2.41. The Hall–Kier alpha value is -2.67. The number of anilines is 1. The second-order valence-corrected chi connectivity index (χ2v) is 10.2. The maximum Gasteiger partial charge on any atom is 0.264 e. The van der Waals surface area contributed by atoms with Crippen molar-refractivity contribution in [1.82, 2.24) is 14.5 Å². The summed E-state index contributed by atoms with van der Waals surface area (Å²) in [6, 6.07) is 8.80. The van der Waals surface area contributed by atoms with Crippen LogP contribution in [-0.4, -0.2) is 46.0 Å². The van der Waals surface area contributed by atoms with E-state index in [2.05, 4.69) is 43.0 Å². The molecule has 0 N–H and O–H groups in total. The number of aryl methyl sites for hydroxylation is 3. The van der Waals surface area contributed by atoms with Crippen LogP contribution in [-0.2, 0) is 13.0 Å². The lowest BCUT2D eigenvalue weighted by Crippen LogP contribution is -2.53. The number of rotatable bonds is 2. The lowest BCUT2D eigenvalue weighted by atomic mass is 10.1. The van der Waals surface area contributed by atoms with E-state index in [9.17, 15) is 9.59 Å². The molecule has 2 aromatic heterocycles. The molecule has 1 amide bonds. The van der Waals surface area contributed by atoms with Gasteiger partial charge in [-0.05, 0) is 51.3 Å². The number of amides is 1. The highest BCUT2D eigenvalue weighted by Gasteiger charge is 2.30. The molecule has 1 unspecified atom stereocenters. The minimum atomic E-state index is 0.0252. The van der Waals surface area contributed by atoms with E-state index in [0.717, 1.165) is 55.0 Å². The highest BCUT2D eigenvalue weighted by atomic mass is 32.1. The topological polar surface area (TPSA) is 58.4 Å². The summed E-state index contributed by atoms with van der Waals surface area (Å²) in [6.07, 6.45) is 4.05. The predicted molar refractivity (Wildman–Crippen MR) is 130 cm³/mol. The van der Waals surface area contributed by atoms with Crippen LogP contribution in [0.25, 0.3) is 10.2 Å². The molecule has 2 aliphatic rings. The molecular formula is C25H30N4O2S. The summed E-state index contributed by atoms with van der Waals surface area (Å²) in [5.74, 6) is 0.904. The van der Waals surface area contributed by atoms with Crippen molar-refractivity contribution < 1.29 is 4.79 Å². The number of benzene rings is 1. The third-order valence-electron chi connectivity index (χ3n) is 6.89. The monoisotopic (exact) mass is 450 g/mol. The van der Waals surface area contributed by atoms with Crippen molar-refractivity contribution in [1.29, 1.82) is 0 Å². The molecule has 6 nitrogen and oxygen atoms in total. The highest BCUT2D eigenvalue weighted by Crippen LogP contribution is 2.30. The van der Waals surface area contributed by atoms with E-state index in [1.807, 2.05) is 16.4 Å². The van der Waals surface area contributed by atoms with Gasteiger partial charge in [-0.15, -0.1) is 11.3 Å². The first-order valence-electron chi connectivity index (χ1n) is 11.6. The first-order chi connectivity index (χ1) is 15.4. The summed E-state index contributed by atoms with van der Waals surface area (Å²) in [5.41, 5.74) is 3.27. The molecule has 3 aromatic rings. The van der Waals surface area contributed by atoms with Gasteiger partial charge in [0.05, 0.1) is 10.3 Å². The zero-order chi connectivity index (χ0) is 22.4. The van der Waals surface area contributed by atoms with E-state index in [1.54, 1.807) is 0 Å². The third-order valence-corrected chi connectivity index (χ3v) is 8.06. The first-order valence-corrected chi connectivity index (χ1v) is 12.4. The number of hydrogen-bond donors (Lipinski definition) is 0. The van der Waals surface area contributed by atoms with Crippen LogP contribution in [0.2, 0.25) is 0 Å². The van der Waals surface area contributed by atoms with Crippen LogP contribution in [0, 0.1) is 13.8 Å². The maximum absolute atomic E-state index is 13.5. The minimum absolute atomic E-state index is 0.0252.